The van der Waals surface area contributed by atoms with Crippen LogP contribution >= 0.6 is 0 Å². The number of amides is 1. The summed E-state index contributed by atoms with van der Waals surface area (Å²) in [4.78, 5) is 16.2. The number of nitrogens with zero attached hydrogens (tertiary/aromatic N) is 4. The van der Waals surface area contributed by atoms with Gasteiger partial charge in [0.1, 0.15) is 6.10 Å². The van der Waals surface area contributed by atoms with Gasteiger partial charge in [-0.1, -0.05) is 0 Å². The highest BCUT2D eigenvalue weighted by atomic mass is 16.3. The van der Waals surface area contributed by atoms with Crippen molar-refractivity contribution in [2.24, 2.45) is 7.05 Å². The summed E-state index contributed by atoms with van der Waals surface area (Å²) < 4.78 is 1.63. The van der Waals surface area contributed by atoms with E-state index in [0.717, 1.165) is 25.9 Å². The average Bonchev–Trinajstić information content (AvgIpc) is 2.85. The number of aliphatic hydroxyl groups excluding tert-OH is 1. The summed E-state index contributed by atoms with van der Waals surface area (Å²) in [5, 5.41) is 14.2. The van der Waals surface area contributed by atoms with Crippen molar-refractivity contribution < 1.29 is 9.90 Å². The molecule has 1 aliphatic rings. The third-order valence-electron chi connectivity index (χ3n) is 3.99. The average molecular weight is 280 g/mol. The molecule has 0 saturated carbocycles. The Bertz CT molecular complexity index is 450. The fraction of sp³-hybridized carbons (Fsp3) is 0.714. The standard InChI is InChI=1S/C14H24N4O2/c1-16(2)11-4-8-18(9-5-11)14(20)10-13(19)12-6-7-17(3)15-12/h6-7,11,13,19H,4-5,8-10H2,1-3H3. The second-order valence-corrected chi connectivity index (χ2v) is 5.71. The predicted molar refractivity (Wildman–Crippen MR) is 76.1 cm³/mol. The summed E-state index contributed by atoms with van der Waals surface area (Å²) in [6.45, 7) is 1.55. The molecule has 0 aromatic carbocycles. The van der Waals surface area contributed by atoms with Crippen molar-refractivity contribution in [3.8, 4) is 0 Å². The maximum atomic E-state index is 12.2. The number of rotatable bonds is 4. The fourth-order valence-electron chi connectivity index (χ4n) is 2.64. The van der Waals surface area contributed by atoms with Crippen molar-refractivity contribution in [1.29, 1.82) is 0 Å². The van der Waals surface area contributed by atoms with Gasteiger partial charge in [-0.05, 0) is 33.0 Å². The molecule has 112 valence electrons. The topological polar surface area (TPSA) is 61.6 Å². The number of aliphatic hydroxyl groups is 1. The zero-order chi connectivity index (χ0) is 14.7. The van der Waals surface area contributed by atoms with Gasteiger partial charge in [-0.15, -0.1) is 0 Å². The van der Waals surface area contributed by atoms with E-state index < -0.39 is 6.10 Å². The van der Waals surface area contributed by atoms with Crippen LogP contribution in [-0.4, -0.2) is 63.8 Å². The maximum Gasteiger partial charge on any atom is 0.225 e. The first-order valence-electron chi connectivity index (χ1n) is 7.09. The molecule has 2 heterocycles. The Morgan fingerprint density at radius 2 is 2.15 bits per heavy atom. The van der Waals surface area contributed by atoms with E-state index in [1.165, 1.54) is 0 Å². The SMILES string of the molecule is CN(C)C1CCN(C(=O)CC(O)c2ccn(C)n2)CC1. The summed E-state index contributed by atoms with van der Waals surface area (Å²) in [5.41, 5.74) is 0.559. The van der Waals surface area contributed by atoms with Crippen LogP contribution in [0.1, 0.15) is 31.1 Å². The Balaban J connectivity index is 1.84. The predicted octanol–water partition coefficient (Wildman–Crippen LogP) is 0.396. The summed E-state index contributed by atoms with van der Waals surface area (Å²) >= 11 is 0. The third kappa shape index (κ3) is 3.58. The van der Waals surface area contributed by atoms with Crippen molar-refractivity contribution in [2.45, 2.75) is 31.4 Å². The van der Waals surface area contributed by atoms with Crippen LogP contribution in [0, 0.1) is 0 Å². The minimum Gasteiger partial charge on any atom is -0.386 e. The van der Waals surface area contributed by atoms with E-state index in [4.69, 9.17) is 0 Å². The van der Waals surface area contributed by atoms with E-state index in [2.05, 4.69) is 24.1 Å². The Hall–Kier alpha value is -1.40. The van der Waals surface area contributed by atoms with Crippen LogP contribution in [0.25, 0.3) is 0 Å². The summed E-state index contributed by atoms with van der Waals surface area (Å²) in [7, 11) is 5.95. The Labute approximate surface area is 120 Å². The third-order valence-corrected chi connectivity index (χ3v) is 3.99. The van der Waals surface area contributed by atoms with E-state index in [-0.39, 0.29) is 12.3 Å². The van der Waals surface area contributed by atoms with E-state index in [9.17, 15) is 9.90 Å². The molecule has 1 amide bonds. The van der Waals surface area contributed by atoms with Crippen molar-refractivity contribution in [3.63, 3.8) is 0 Å². The van der Waals surface area contributed by atoms with E-state index >= 15 is 0 Å². The van der Waals surface area contributed by atoms with Crippen molar-refractivity contribution in [1.82, 2.24) is 19.6 Å². The number of hydrogen-bond donors (Lipinski definition) is 1. The van der Waals surface area contributed by atoms with Gasteiger partial charge in [-0.3, -0.25) is 9.48 Å². The van der Waals surface area contributed by atoms with Gasteiger partial charge in [0.25, 0.3) is 0 Å². The minimum absolute atomic E-state index is 0.0142. The fourth-order valence-corrected chi connectivity index (χ4v) is 2.64. The lowest BCUT2D eigenvalue weighted by molar-refractivity contribution is -0.134. The van der Waals surface area contributed by atoms with Gasteiger partial charge in [0.15, 0.2) is 0 Å². The minimum atomic E-state index is -0.810. The largest absolute Gasteiger partial charge is 0.386 e. The highest BCUT2D eigenvalue weighted by molar-refractivity contribution is 5.76. The van der Waals surface area contributed by atoms with Crippen LogP contribution in [0.5, 0.6) is 0 Å². The number of hydrogen-bond acceptors (Lipinski definition) is 4. The lowest BCUT2D eigenvalue weighted by atomic mass is 10.0. The van der Waals surface area contributed by atoms with Gasteiger partial charge in [0, 0.05) is 32.4 Å². The van der Waals surface area contributed by atoms with Crippen LogP contribution in [0.2, 0.25) is 0 Å². The lowest BCUT2D eigenvalue weighted by Gasteiger charge is -2.35. The van der Waals surface area contributed by atoms with Gasteiger partial charge < -0.3 is 14.9 Å². The second-order valence-electron chi connectivity index (χ2n) is 5.71. The lowest BCUT2D eigenvalue weighted by Crippen LogP contribution is -2.44. The second kappa shape index (κ2) is 6.37. The van der Waals surface area contributed by atoms with Crippen LogP contribution in [-0.2, 0) is 11.8 Å². The molecule has 1 atom stereocenters. The first-order chi connectivity index (χ1) is 9.47. The summed E-state index contributed by atoms with van der Waals surface area (Å²) in [5.74, 6) is 0.0142. The molecular formula is C14H24N4O2. The Morgan fingerprint density at radius 3 is 2.65 bits per heavy atom. The molecule has 2 rings (SSSR count). The molecule has 1 unspecified atom stereocenters. The number of carbonyl (C=O) groups is 1. The van der Waals surface area contributed by atoms with Crippen LogP contribution in [0.15, 0.2) is 12.3 Å². The summed E-state index contributed by atoms with van der Waals surface area (Å²) in [6.07, 6.45) is 3.07. The number of aromatic nitrogens is 2. The smallest absolute Gasteiger partial charge is 0.225 e. The molecule has 1 aromatic heterocycles. The number of likely N-dealkylation sites (tertiary alicyclic amines) is 1. The molecule has 0 bridgehead atoms. The normalized spacial score (nSPS) is 18.6. The molecule has 6 nitrogen and oxygen atoms in total. The van der Waals surface area contributed by atoms with E-state index in [0.29, 0.717) is 11.7 Å². The van der Waals surface area contributed by atoms with Crippen LogP contribution < -0.4 is 0 Å². The van der Waals surface area contributed by atoms with Gasteiger partial charge >= 0.3 is 0 Å². The van der Waals surface area contributed by atoms with Crippen molar-refractivity contribution in [3.05, 3.63) is 18.0 Å². The highest BCUT2D eigenvalue weighted by Crippen LogP contribution is 2.19. The van der Waals surface area contributed by atoms with Crippen molar-refractivity contribution in [2.75, 3.05) is 27.2 Å². The Kier molecular flexibility index (Phi) is 4.77. The zero-order valence-corrected chi connectivity index (χ0v) is 12.5. The van der Waals surface area contributed by atoms with E-state index in [1.807, 2.05) is 4.90 Å². The van der Waals surface area contributed by atoms with Gasteiger partial charge in [0.05, 0.1) is 12.1 Å². The first-order valence-corrected chi connectivity index (χ1v) is 7.09. The molecule has 1 N–H and O–H groups in total. The van der Waals surface area contributed by atoms with Crippen molar-refractivity contribution >= 4 is 5.91 Å². The summed E-state index contributed by atoms with van der Waals surface area (Å²) in [6, 6.07) is 2.30. The number of aryl methyl sites for hydroxylation is 1. The van der Waals surface area contributed by atoms with Gasteiger partial charge in [0.2, 0.25) is 5.91 Å². The first kappa shape index (κ1) is 15.0. The van der Waals surface area contributed by atoms with Crippen LogP contribution in [0.3, 0.4) is 0 Å². The Morgan fingerprint density at radius 1 is 1.50 bits per heavy atom. The molecule has 0 spiro atoms. The molecule has 20 heavy (non-hydrogen) atoms. The molecule has 1 aromatic rings. The molecule has 0 aliphatic carbocycles. The quantitative estimate of drug-likeness (QED) is 0.867. The molecular weight excluding hydrogens is 256 g/mol. The zero-order valence-electron chi connectivity index (χ0n) is 12.5. The monoisotopic (exact) mass is 280 g/mol. The van der Waals surface area contributed by atoms with Gasteiger partial charge in [-0.25, -0.2) is 0 Å². The molecule has 1 saturated heterocycles. The number of piperidine rings is 1. The molecule has 1 aliphatic heterocycles. The molecule has 6 heteroatoms. The van der Waals surface area contributed by atoms with Crippen LogP contribution in [0.4, 0.5) is 0 Å². The van der Waals surface area contributed by atoms with Gasteiger partial charge in [-0.2, -0.15) is 5.10 Å². The molecule has 0 radical (unpaired) electrons. The number of carbonyl (C=O) groups excluding carboxylic acids is 1. The highest BCUT2D eigenvalue weighted by Gasteiger charge is 2.25. The maximum absolute atomic E-state index is 12.2. The molecule has 1 fully saturated rings. The van der Waals surface area contributed by atoms with E-state index in [1.54, 1.807) is 24.0 Å².